The van der Waals surface area contributed by atoms with Crippen LogP contribution < -0.4 is 4.90 Å². The molecule has 1 nitrogen and oxygen atoms in total. The van der Waals surface area contributed by atoms with Crippen molar-refractivity contribution in [3.63, 3.8) is 0 Å². The predicted octanol–water partition coefficient (Wildman–Crippen LogP) is 10.8. The van der Waals surface area contributed by atoms with Gasteiger partial charge in [-0.2, -0.15) is 0 Å². The molecule has 194 valence electrons. The van der Waals surface area contributed by atoms with Gasteiger partial charge in [-0.05, 0) is 82.1 Å². The van der Waals surface area contributed by atoms with Gasteiger partial charge in [0, 0.05) is 17.1 Å². The Balaban J connectivity index is 1.24. The Hall–Kier alpha value is -4.88. The molecule has 0 aliphatic rings. The van der Waals surface area contributed by atoms with Crippen LogP contribution in [-0.4, -0.2) is 0 Å². The number of rotatable bonds is 8. The van der Waals surface area contributed by atoms with Crippen molar-refractivity contribution < 1.29 is 0 Å². The smallest absolute Gasteiger partial charge is 0.0462 e. The number of hydrogen-bond donors (Lipinski definition) is 0. The first-order valence-corrected chi connectivity index (χ1v) is 14.0. The van der Waals surface area contributed by atoms with Crippen molar-refractivity contribution in [1.82, 2.24) is 0 Å². The molecule has 0 N–H and O–H groups in total. The van der Waals surface area contributed by atoms with Crippen LogP contribution >= 0.6 is 0 Å². The Kier molecular flexibility index (Phi) is 7.55. The van der Waals surface area contributed by atoms with E-state index in [1.165, 1.54) is 33.4 Å². The molecule has 40 heavy (non-hydrogen) atoms. The molecular weight excluding hydrogens is 482 g/mol. The van der Waals surface area contributed by atoms with Crippen LogP contribution in [0.15, 0.2) is 164 Å². The first-order valence-electron chi connectivity index (χ1n) is 14.0. The van der Waals surface area contributed by atoms with E-state index in [1.54, 1.807) is 0 Å². The molecule has 0 aliphatic heterocycles. The van der Waals surface area contributed by atoms with E-state index < -0.39 is 0 Å². The van der Waals surface area contributed by atoms with Crippen molar-refractivity contribution in [2.24, 2.45) is 0 Å². The monoisotopic (exact) mass is 515 g/mol. The fourth-order valence-corrected chi connectivity index (χ4v) is 5.37. The van der Waals surface area contributed by atoms with Crippen LogP contribution in [0, 0.1) is 0 Å². The van der Waals surface area contributed by atoms with Gasteiger partial charge in [0.2, 0.25) is 0 Å². The van der Waals surface area contributed by atoms with Gasteiger partial charge < -0.3 is 4.90 Å². The van der Waals surface area contributed by atoms with E-state index in [1.807, 2.05) is 0 Å². The van der Waals surface area contributed by atoms with E-state index in [9.17, 15) is 0 Å². The molecule has 0 fully saturated rings. The lowest BCUT2D eigenvalue weighted by Gasteiger charge is -2.26. The highest BCUT2D eigenvalue weighted by molar-refractivity contribution is 5.78. The minimum Gasteiger partial charge on any atom is -0.311 e. The highest BCUT2D eigenvalue weighted by Gasteiger charge is 2.14. The molecule has 6 aromatic rings. The maximum Gasteiger partial charge on any atom is 0.0462 e. The molecule has 0 heterocycles. The van der Waals surface area contributed by atoms with Gasteiger partial charge in [0.25, 0.3) is 0 Å². The Bertz CT molecular complexity index is 1640. The lowest BCUT2D eigenvalue weighted by Crippen LogP contribution is -2.10. The topological polar surface area (TPSA) is 3.24 Å². The molecule has 0 bridgehead atoms. The van der Waals surface area contributed by atoms with E-state index in [4.69, 9.17) is 0 Å². The molecular formula is C39H33N. The zero-order chi connectivity index (χ0) is 27.1. The molecule has 0 amide bonds. The van der Waals surface area contributed by atoms with Gasteiger partial charge in [-0.25, -0.2) is 0 Å². The molecule has 0 radical (unpaired) electrons. The number of anilines is 3. The Labute approximate surface area is 238 Å². The first-order chi connectivity index (χ1) is 19.7. The van der Waals surface area contributed by atoms with E-state index in [2.05, 4.69) is 176 Å². The van der Waals surface area contributed by atoms with Crippen molar-refractivity contribution >= 4 is 17.1 Å². The maximum absolute atomic E-state index is 2.34. The largest absolute Gasteiger partial charge is 0.311 e. The summed E-state index contributed by atoms with van der Waals surface area (Å²) in [6.45, 7) is 2.32. The van der Waals surface area contributed by atoms with E-state index in [0.29, 0.717) is 5.92 Å². The summed E-state index contributed by atoms with van der Waals surface area (Å²) in [6.07, 6.45) is 0.996. The minimum atomic E-state index is 0.422. The molecule has 0 saturated heterocycles. The van der Waals surface area contributed by atoms with E-state index >= 15 is 0 Å². The van der Waals surface area contributed by atoms with Crippen LogP contribution in [0.5, 0.6) is 0 Å². The van der Waals surface area contributed by atoms with Gasteiger partial charge in [0.05, 0.1) is 0 Å². The highest BCUT2D eigenvalue weighted by atomic mass is 15.1. The lowest BCUT2D eigenvalue weighted by molar-refractivity contribution is 0.759. The van der Waals surface area contributed by atoms with Gasteiger partial charge in [-0.1, -0.05) is 134 Å². The summed E-state index contributed by atoms with van der Waals surface area (Å²) in [5, 5.41) is 0. The summed E-state index contributed by atoms with van der Waals surface area (Å²) >= 11 is 0. The third-order valence-electron chi connectivity index (χ3n) is 7.55. The Morgan fingerprint density at radius 3 is 1.48 bits per heavy atom. The van der Waals surface area contributed by atoms with Crippen LogP contribution in [0.4, 0.5) is 17.1 Å². The van der Waals surface area contributed by atoms with Gasteiger partial charge in [0.1, 0.15) is 0 Å². The van der Waals surface area contributed by atoms with Gasteiger partial charge >= 0.3 is 0 Å². The lowest BCUT2D eigenvalue weighted by atomic mass is 9.91. The average Bonchev–Trinajstić information content (AvgIpc) is 3.04. The van der Waals surface area contributed by atoms with Crippen LogP contribution in [0.1, 0.15) is 24.0 Å². The molecule has 0 saturated carbocycles. The second-order valence-electron chi connectivity index (χ2n) is 10.3. The zero-order valence-electron chi connectivity index (χ0n) is 22.8. The third-order valence-corrected chi connectivity index (χ3v) is 7.55. The summed E-state index contributed by atoms with van der Waals surface area (Å²) < 4.78 is 0. The van der Waals surface area contributed by atoms with Crippen molar-refractivity contribution in [3.05, 3.63) is 175 Å². The van der Waals surface area contributed by atoms with E-state index in [-0.39, 0.29) is 0 Å². The predicted molar refractivity (Wildman–Crippen MR) is 171 cm³/mol. The molecule has 0 spiro atoms. The SMILES string of the molecule is CC(Cc1ccc(N(c2ccccc2)c2ccc(-c3ccccc3)cc2)cc1)c1cccc(-c2ccccc2)c1. The van der Waals surface area contributed by atoms with E-state index in [0.717, 1.165) is 23.5 Å². The zero-order valence-corrected chi connectivity index (χ0v) is 22.8. The molecule has 0 aromatic heterocycles. The second kappa shape index (κ2) is 11.9. The summed E-state index contributed by atoms with van der Waals surface area (Å²) in [5.41, 5.74) is 11.1. The van der Waals surface area contributed by atoms with Gasteiger partial charge in [-0.15, -0.1) is 0 Å². The number of nitrogens with zero attached hydrogens (tertiary/aromatic N) is 1. The number of benzene rings is 6. The van der Waals surface area contributed by atoms with Crippen molar-refractivity contribution in [1.29, 1.82) is 0 Å². The fourth-order valence-electron chi connectivity index (χ4n) is 5.37. The second-order valence-corrected chi connectivity index (χ2v) is 10.3. The van der Waals surface area contributed by atoms with Crippen molar-refractivity contribution in [2.75, 3.05) is 4.90 Å². The Morgan fingerprint density at radius 1 is 0.425 bits per heavy atom. The van der Waals surface area contributed by atoms with Crippen molar-refractivity contribution in [2.45, 2.75) is 19.3 Å². The van der Waals surface area contributed by atoms with Crippen LogP contribution in [0.3, 0.4) is 0 Å². The fraction of sp³-hybridized carbons (Fsp3) is 0.0769. The number of hydrogen-bond acceptors (Lipinski definition) is 1. The highest BCUT2D eigenvalue weighted by Crippen LogP contribution is 2.36. The van der Waals surface area contributed by atoms with Gasteiger partial charge in [-0.3, -0.25) is 0 Å². The summed E-state index contributed by atoms with van der Waals surface area (Å²) in [6, 6.07) is 58.6. The number of para-hydroxylation sites is 1. The molecule has 1 unspecified atom stereocenters. The molecule has 0 aliphatic carbocycles. The van der Waals surface area contributed by atoms with Gasteiger partial charge in [0.15, 0.2) is 0 Å². The van der Waals surface area contributed by atoms with Crippen molar-refractivity contribution in [3.8, 4) is 22.3 Å². The maximum atomic E-state index is 2.34. The summed E-state index contributed by atoms with van der Waals surface area (Å²) in [7, 11) is 0. The molecule has 1 atom stereocenters. The average molecular weight is 516 g/mol. The molecule has 1 heteroatoms. The normalized spacial score (nSPS) is 11.6. The summed E-state index contributed by atoms with van der Waals surface area (Å²) in [4.78, 5) is 2.32. The first kappa shape index (κ1) is 25.4. The third kappa shape index (κ3) is 5.75. The standard InChI is InChI=1S/C39H33N/c1-30(35-16-11-17-36(29-35)33-14-7-3-8-15-33)28-31-20-24-38(25-21-31)40(37-18-9-4-10-19-37)39-26-22-34(23-27-39)32-12-5-2-6-13-32/h2-27,29-30H,28H2,1H3. The summed E-state index contributed by atoms with van der Waals surface area (Å²) in [5.74, 6) is 0.422. The molecule has 6 rings (SSSR count). The molecule has 6 aromatic carbocycles. The quantitative estimate of drug-likeness (QED) is 0.195. The van der Waals surface area contributed by atoms with Crippen LogP contribution in [-0.2, 0) is 6.42 Å². The van der Waals surface area contributed by atoms with Crippen LogP contribution in [0.2, 0.25) is 0 Å². The van der Waals surface area contributed by atoms with Crippen LogP contribution in [0.25, 0.3) is 22.3 Å². The Morgan fingerprint density at radius 2 is 0.875 bits per heavy atom. The minimum absolute atomic E-state index is 0.422.